The molecule has 0 saturated heterocycles. The third kappa shape index (κ3) is 68.5. The molecule has 0 atom stereocenters. The first kappa shape index (κ1) is 29.4. The maximum Gasteiger partial charge on any atom is 3.00 e. The third-order valence-electron chi connectivity index (χ3n) is 0. The number of hydrogen-bond acceptors (Lipinski definition) is 0. The van der Waals surface area contributed by atoms with Crippen molar-refractivity contribution >= 4 is 0 Å². The van der Waals surface area contributed by atoms with Crippen molar-refractivity contribution < 1.29 is 22.5 Å². The fraction of sp³-hybridized carbons (Fsp3) is 0. The Hall–Kier alpha value is 0.219. The van der Waals surface area contributed by atoms with Crippen LogP contribution in [0.15, 0.2) is 6.58 Å². The van der Waals surface area contributed by atoms with Crippen molar-refractivity contribution in [1.82, 2.24) is 0 Å². The van der Waals surface area contributed by atoms with Gasteiger partial charge >= 0.3 is 17.1 Å². The molecule has 0 aliphatic heterocycles. The quantitative estimate of drug-likeness (QED) is 0.312. The van der Waals surface area contributed by atoms with Crippen LogP contribution in [0.5, 0.6) is 0 Å². The SMILES string of the molecule is [CH-]=C.[Fe+3].[O-2]. The van der Waals surface area contributed by atoms with Crippen LogP contribution in [0.3, 0.4) is 0 Å². The molecule has 0 bridgehead atoms. The van der Waals surface area contributed by atoms with Crippen LogP contribution in [0.25, 0.3) is 0 Å². The molecular weight excluding hydrogens is 95.9 g/mol. The van der Waals surface area contributed by atoms with Gasteiger partial charge in [0.25, 0.3) is 0 Å². The van der Waals surface area contributed by atoms with E-state index >= 15 is 0 Å². The van der Waals surface area contributed by atoms with Crippen molar-refractivity contribution in [3.05, 3.63) is 13.2 Å². The molecule has 0 rings (SSSR count). The van der Waals surface area contributed by atoms with Gasteiger partial charge in [0.1, 0.15) is 0 Å². The Morgan fingerprint density at radius 3 is 1.25 bits per heavy atom. The molecule has 0 aliphatic carbocycles. The summed E-state index contributed by atoms with van der Waals surface area (Å²) in [4.78, 5) is 0. The van der Waals surface area contributed by atoms with Gasteiger partial charge in [0, 0.05) is 0 Å². The molecule has 0 spiro atoms. The first-order valence-electron chi connectivity index (χ1n) is 0.408. The zero-order valence-electron chi connectivity index (χ0n) is 2.05. The van der Waals surface area contributed by atoms with E-state index in [1.54, 1.807) is 0 Å². The summed E-state index contributed by atoms with van der Waals surface area (Å²) in [5.41, 5.74) is 0. The fourth-order valence-corrected chi connectivity index (χ4v) is 0. The molecule has 25 valence electrons. The summed E-state index contributed by atoms with van der Waals surface area (Å²) < 4.78 is 0. The van der Waals surface area contributed by atoms with E-state index in [-0.39, 0.29) is 22.5 Å². The van der Waals surface area contributed by atoms with E-state index in [4.69, 9.17) is 0 Å². The average Bonchev–Trinajstić information content (AvgIpc) is 1.00. The number of hydrogen-bond donors (Lipinski definition) is 0. The van der Waals surface area contributed by atoms with Gasteiger partial charge in [0.05, 0.1) is 0 Å². The molecular formula is C2H3FeO. The third-order valence-corrected chi connectivity index (χ3v) is 0. The van der Waals surface area contributed by atoms with E-state index in [9.17, 15) is 0 Å². The second-order valence-corrected chi connectivity index (χ2v) is 0. The molecule has 0 amide bonds. The van der Waals surface area contributed by atoms with Gasteiger partial charge in [0.15, 0.2) is 0 Å². The van der Waals surface area contributed by atoms with Crippen LogP contribution < -0.4 is 0 Å². The van der Waals surface area contributed by atoms with E-state index < -0.39 is 0 Å². The normalized spacial score (nSPS) is 1.00. The van der Waals surface area contributed by atoms with E-state index in [1.807, 2.05) is 0 Å². The van der Waals surface area contributed by atoms with Crippen LogP contribution in [0, 0.1) is 6.58 Å². The van der Waals surface area contributed by atoms with Crippen LogP contribution in [-0.4, -0.2) is 0 Å². The molecule has 2 heteroatoms. The van der Waals surface area contributed by atoms with Gasteiger partial charge < -0.3 is 12.1 Å². The van der Waals surface area contributed by atoms with Crippen molar-refractivity contribution in [3.63, 3.8) is 0 Å². The van der Waals surface area contributed by atoms with Crippen molar-refractivity contribution in [1.29, 1.82) is 0 Å². The molecule has 0 heterocycles. The monoisotopic (exact) mass is 99.0 g/mol. The van der Waals surface area contributed by atoms with Crippen molar-refractivity contribution in [2.75, 3.05) is 0 Å². The van der Waals surface area contributed by atoms with Crippen molar-refractivity contribution in [2.24, 2.45) is 0 Å². The molecule has 0 aliphatic rings. The molecule has 1 nitrogen and oxygen atoms in total. The van der Waals surface area contributed by atoms with Crippen LogP contribution in [0.1, 0.15) is 0 Å². The van der Waals surface area contributed by atoms with Crippen LogP contribution in [-0.2, 0) is 22.5 Å². The Morgan fingerprint density at radius 1 is 1.25 bits per heavy atom. The Balaban J connectivity index is -0.00000000500. The molecule has 1 radical (unpaired) electrons. The van der Waals surface area contributed by atoms with E-state index in [0.29, 0.717) is 0 Å². The minimum Gasteiger partial charge on any atom is -2.00 e. The summed E-state index contributed by atoms with van der Waals surface area (Å²) in [5.74, 6) is 0. The molecule has 4 heavy (non-hydrogen) atoms. The molecule has 0 N–H and O–H groups in total. The smallest absolute Gasteiger partial charge is 2.00 e. The first-order valence-corrected chi connectivity index (χ1v) is 0.408. The predicted molar refractivity (Wildman–Crippen MR) is 10.6 cm³/mol. The molecule has 0 saturated carbocycles. The predicted octanol–water partition coefficient (Wildman–Crippen LogP) is 0.484. The van der Waals surface area contributed by atoms with E-state index in [1.165, 1.54) is 0 Å². The zero-order chi connectivity index (χ0) is 2.00. The number of rotatable bonds is 0. The summed E-state index contributed by atoms with van der Waals surface area (Å²) in [7, 11) is 0. The Bertz CT molecular complexity index is 6.00. The second kappa shape index (κ2) is 329. The Kier molecular flexibility index (Phi) is 2420. The topological polar surface area (TPSA) is 28.5 Å². The van der Waals surface area contributed by atoms with Gasteiger partial charge in [-0.2, -0.15) is 0 Å². The van der Waals surface area contributed by atoms with Crippen LogP contribution in [0.4, 0.5) is 0 Å². The largest absolute Gasteiger partial charge is 3.00 e. The summed E-state index contributed by atoms with van der Waals surface area (Å²) in [5, 5.41) is 0. The van der Waals surface area contributed by atoms with Crippen molar-refractivity contribution in [3.8, 4) is 0 Å². The van der Waals surface area contributed by atoms with Crippen LogP contribution >= 0.6 is 0 Å². The van der Waals surface area contributed by atoms with Gasteiger partial charge in [-0.3, -0.25) is 6.58 Å². The van der Waals surface area contributed by atoms with Crippen molar-refractivity contribution in [2.45, 2.75) is 0 Å². The van der Waals surface area contributed by atoms with Gasteiger partial charge in [-0.15, -0.1) is 0 Å². The minimum absolute atomic E-state index is 0. The van der Waals surface area contributed by atoms with E-state index in [2.05, 4.69) is 13.2 Å². The molecule has 0 aromatic heterocycles. The van der Waals surface area contributed by atoms with Gasteiger partial charge in [-0.25, -0.2) is 0 Å². The standard InChI is InChI=1S/C2H3.Fe.O/c1-2;;/h1H,2H2;;/q-1;+3;-2. The summed E-state index contributed by atoms with van der Waals surface area (Å²) >= 11 is 0. The summed E-state index contributed by atoms with van der Waals surface area (Å²) in [6, 6.07) is 0. The fourth-order valence-electron chi connectivity index (χ4n) is 0. The minimum atomic E-state index is 0. The Morgan fingerprint density at radius 2 is 1.25 bits per heavy atom. The molecule has 0 aromatic rings. The Labute approximate surface area is 36.5 Å². The average molecular weight is 98.9 g/mol. The zero-order valence-corrected chi connectivity index (χ0v) is 3.15. The molecule has 0 fully saturated rings. The van der Waals surface area contributed by atoms with Crippen LogP contribution in [0.2, 0.25) is 0 Å². The first-order chi connectivity index (χ1) is 1.00. The molecule has 0 unspecified atom stereocenters. The molecule has 0 aromatic carbocycles. The summed E-state index contributed by atoms with van der Waals surface area (Å²) in [6.07, 6.45) is 0. The maximum atomic E-state index is 4.25. The van der Waals surface area contributed by atoms with Gasteiger partial charge in [-0.05, 0) is 0 Å². The summed E-state index contributed by atoms with van der Waals surface area (Å²) in [6.45, 7) is 7.00. The maximum absolute atomic E-state index is 4.25. The second-order valence-electron chi connectivity index (χ2n) is 0. The van der Waals surface area contributed by atoms with Gasteiger partial charge in [-0.1, -0.05) is 0 Å². The van der Waals surface area contributed by atoms with Gasteiger partial charge in [0.2, 0.25) is 0 Å². The van der Waals surface area contributed by atoms with E-state index in [0.717, 1.165) is 0 Å².